The number of carbonyl (C=O) groups is 1. The molecule has 1 aliphatic heterocycles. The summed E-state index contributed by atoms with van der Waals surface area (Å²) in [6.45, 7) is 3.28. The van der Waals surface area contributed by atoms with Crippen LogP contribution in [0.25, 0.3) is 0 Å². The zero-order valence-corrected chi connectivity index (χ0v) is 14.9. The van der Waals surface area contributed by atoms with Crippen molar-refractivity contribution in [3.05, 3.63) is 63.6 Å². The highest BCUT2D eigenvalue weighted by Gasteiger charge is 2.12. The number of nitrogens with one attached hydrogen (secondary N) is 1. The van der Waals surface area contributed by atoms with Gasteiger partial charge in [-0.3, -0.25) is 9.69 Å². The summed E-state index contributed by atoms with van der Waals surface area (Å²) in [5.41, 5.74) is 2.41. The summed E-state index contributed by atoms with van der Waals surface area (Å²) in [5, 5.41) is 3.78. The number of hydrogen-bond donors (Lipinski definition) is 1. The maximum Gasteiger partial charge on any atom is 0.255 e. The van der Waals surface area contributed by atoms with Crippen molar-refractivity contribution in [2.45, 2.75) is 25.8 Å². The second-order valence-corrected chi connectivity index (χ2v) is 6.96. The van der Waals surface area contributed by atoms with E-state index in [2.05, 4.69) is 10.2 Å². The van der Waals surface area contributed by atoms with E-state index in [4.69, 9.17) is 23.2 Å². The molecule has 1 heterocycles. The van der Waals surface area contributed by atoms with Crippen LogP contribution in [0.2, 0.25) is 10.0 Å². The minimum absolute atomic E-state index is 0.177. The average molecular weight is 363 g/mol. The van der Waals surface area contributed by atoms with E-state index in [0.29, 0.717) is 21.3 Å². The van der Waals surface area contributed by atoms with Crippen molar-refractivity contribution < 1.29 is 4.79 Å². The highest BCUT2D eigenvalue weighted by Crippen LogP contribution is 2.25. The second-order valence-electron chi connectivity index (χ2n) is 6.11. The molecule has 0 atom stereocenters. The molecule has 1 amide bonds. The molecule has 24 heavy (non-hydrogen) atoms. The smallest absolute Gasteiger partial charge is 0.255 e. The van der Waals surface area contributed by atoms with Crippen molar-refractivity contribution in [1.82, 2.24) is 4.90 Å². The van der Waals surface area contributed by atoms with E-state index < -0.39 is 0 Å². The van der Waals surface area contributed by atoms with Gasteiger partial charge in [0.15, 0.2) is 0 Å². The normalized spacial score (nSPS) is 15.2. The number of hydrogen-bond acceptors (Lipinski definition) is 2. The quantitative estimate of drug-likeness (QED) is 0.807. The van der Waals surface area contributed by atoms with Crippen LogP contribution in [0.1, 0.15) is 35.2 Å². The van der Waals surface area contributed by atoms with Crippen molar-refractivity contribution in [1.29, 1.82) is 0 Å². The highest BCUT2D eigenvalue weighted by molar-refractivity contribution is 6.36. The Kier molecular flexibility index (Phi) is 5.77. The van der Waals surface area contributed by atoms with Gasteiger partial charge in [0.05, 0.1) is 10.7 Å². The van der Waals surface area contributed by atoms with Crippen LogP contribution in [0.15, 0.2) is 42.5 Å². The Balaban J connectivity index is 1.62. The van der Waals surface area contributed by atoms with Crippen LogP contribution in [0.5, 0.6) is 0 Å². The molecule has 0 aliphatic carbocycles. The van der Waals surface area contributed by atoms with Crippen LogP contribution < -0.4 is 5.32 Å². The Morgan fingerprint density at radius 3 is 2.38 bits per heavy atom. The summed E-state index contributed by atoms with van der Waals surface area (Å²) in [4.78, 5) is 14.8. The zero-order valence-electron chi connectivity index (χ0n) is 13.4. The van der Waals surface area contributed by atoms with Gasteiger partial charge in [-0.1, -0.05) is 41.8 Å². The standard InChI is InChI=1S/C19H20Cl2N2O/c20-16-8-9-18(17(21)12-16)22-19(24)15-6-4-14(5-7-15)13-23-10-2-1-3-11-23/h4-9,12H,1-3,10-11,13H2,(H,22,24). The summed E-state index contributed by atoms with van der Waals surface area (Å²) >= 11 is 12.0. The lowest BCUT2D eigenvalue weighted by atomic mass is 10.1. The molecule has 0 saturated carbocycles. The Bertz CT molecular complexity index is 710. The third-order valence-electron chi connectivity index (χ3n) is 4.25. The molecular weight excluding hydrogens is 343 g/mol. The summed E-state index contributed by atoms with van der Waals surface area (Å²) in [5.74, 6) is -0.177. The van der Waals surface area contributed by atoms with Crippen molar-refractivity contribution in [2.24, 2.45) is 0 Å². The van der Waals surface area contributed by atoms with Crippen molar-refractivity contribution in [3.8, 4) is 0 Å². The molecule has 0 spiro atoms. The van der Waals surface area contributed by atoms with Gasteiger partial charge in [-0.25, -0.2) is 0 Å². The lowest BCUT2D eigenvalue weighted by molar-refractivity contribution is 0.102. The topological polar surface area (TPSA) is 32.3 Å². The van der Waals surface area contributed by atoms with E-state index in [1.807, 2.05) is 24.3 Å². The predicted molar refractivity (Wildman–Crippen MR) is 100.0 cm³/mol. The summed E-state index contributed by atoms with van der Waals surface area (Å²) in [6.07, 6.45) is 3.90. The second kappa shape index (κ2) is 8.02. The first-order valence-electron chi connectivity index (χ1n) is 8.19. The molecule has 1 aliphatic rings. The third-order valence-corrected chi connectivity index (χ3v) is 4.80. The fourth-order valence-corrected chi connectivity index (χ4v) is 3.38. The van der Waals surface area contributed by atoms with Crippen molar-refractivity contribution >= 4 is 34.8 Å². The molecule has 0 aromatic heterocycles. The maximum atomic E-state index is 12.3. The largest absolute Gasteiger partial charge is 0.321 e. The molecule has 1 N–H and O–H groups in total. The predicted octanol–water partition coefficient (Wildman–Crippen LogP) is 5.23. The Morgan fingerprint density at radius 1 is 1.00 bits per heavy atom. The summed E-state index contributed by atoms with van der Waals surface area (Å²) < 4.78 is 0. The maximum absolute atomic E-state index is 12.3. The first kappa shape index (κ1) is 17.3. The van der Waals surface area contributed by atoms with Crippen molar-refractivity contribution in [2.75, 3.05) is 18.4 Å². The first-order chi connectivity index (χ1) is 11.6. The van der Waals surface area contributed by atoms with Gasteiger partial charge in [-0.05, 0) is 61.8 Å². The Labute approximate surface area is 152 Å². The van der Waals surface area contributed by atoms with E-state index in [9.17, 15) is 4.79 Å². The molecule has 0 radical (unpaired) electrons. The molecule has 3 rings (SSSR count). The van der Waals surface area contributed by atoms with Gasteiger partial charge in [-0.15, -0.1) is 0 Å². The van der Waals surface area contributed by atoms with Crippen LogP contribution in [-0.2, 0) is 6.54 Å². The van der Waals surface area contributed by atoms with E-state index in [1.165, 1.54) is 24.8 Å². The molecule has 2 aromatic rings. The number of carbonyl (C=O) groups excluding carboxylic acids is 1. The molecule has 5 heteroatoms. The minimum atomic E-state index is -0.177. The number of rotatable bonds is 4. The number of nitrogens with zero attached hydrogens (tertiary/aromatic N) is 1. The van der Waals surface area contributed by atoms with Gasteiger partial charge in [0.25, 0.3) is 5.91 Å². The third kappa shape index (κ3) is 4.50. The number of piperidine rings is 1. The van der Waals surface area contributed by atoms with Gasteiger partial charge in [0, 0.05) is 17.1 Å². The number of benzene rings is 2. The van der Waals surface area contributed by atoms with Crippen LogP contribution in [0, 0.1) is 0 Å². The molecule has 0 unspecified atom stereocenters. The fraction of sp³-hybridized carbons (Fsp3) is 0.316. The van der Waals surface area contributed by atoms with Gasteiger partial charge >= 0.3 is 0 Å². The van der Waals surface area contributed by atoms with Gasteiger partial charge in [0.2, 0.25) is 0 Å². The number of halogens is 2. The zero-order chi connectivity index (χ0) is 16.9. The van der Waals surface area contributed by atoms with Crippen LogP contribution in [0.3, 0.4) is 0 Å². The highest BCUT2D eigenvalue weighted by atomic mass is 35.5. The summed E-state index contributed by atoms with van der Waals surface area (Å²) in [6, 6.07) is 12.8. The Morgan fingerprint density at radius 2 is 1.71 bits per heavy atom. The first-order valence-corrected chi connectivity index (χ1v) is 8.95. The molecule has 0 bridgehead atoms. The van der Waals surface area contributed by atoms with Crippen LogP contribution in [-0.4, -0.2) is 23.9 Å². The molecule has 3 nitrogen and oxygen atoms in total. The summed E-state index contributed by atoms with van der Waals surface area (Å²) in [7, 11) is 0. The van der Waals surface area contributed by atoms with Gasteiger partial charge in [-0.2, -0.15) is 0 Å². The molecule has 1 saturated heterocycles. The van der Waals surface area contributed by atoms with Gasteiger partial charge < -0.3 is 5.32 Å². The fourth-order valence-electron chi connectivity index (χ4n) is 2.92. The number of amides is 1. The molecule has 2 aromatic carbocycles. The van der Waals surface area contributed by atoms with E-state index >= 15 is 0 Å². The van der Waals surface area contributed by atoms with E-state index in [-0.39, 0.29) is 5.91 Å². The van der Waals surface area contributed by atoms with Gasteiger partial charge in [0.1, 0.15) is 0 Å². The van der Waals surface area contributed by atoms with E-state index in [1.54, 1.807) is 18.2 Å². The number of anilines is 1. The Hall–Kier alpha value is -1.55. The molecule has 126 valence electrons. The molecule has 1 fully saturated rings. The molecular formula is C19H20Cl2N2O. The van der Waals surface area contributed by atoms with Crippen LogP contribution >= 0.6 is 23.2 Å². The SMILES string of the molecule is O=C(Nc1ccc(Cl)cc1Cl)c1ccc(CN2CCCCC2)cc1. The lowest BCUT2D eigenvalue weighted by Crippen LogP contribution is -2.29. The minimum Gasteiger partial charge on any atom is -0.321 e. The monoisotopic (exact) mass is 362 g/mol. The number of likely N-dealkylation sites (tertiary alicyclic amines) is 1. The van der Waals surface area contributed by atoms with Crippen LogP contribution in [0.4, 0.5) is 5.69 Å². The average Bonchev–Trinajstić information content (AvgIpc) is 2.59. The lowest BCUT2D eigenvalue weighted by Gasteiger charge is -2.26. The van der Waals surface area contributed by atoms with Crippen molar-refractivity contribution in [3.63, 3.8) is 0 Å². The van der Waals surface area contributed by atoms with E-state index in [0.717, 1.165) is 19.6 Å².